The summed E-state index contributed by atoms with van der Waals surface area (Å²) in [5.41, 5.74) is 1.40. The van der Waals surface area contributed by atoms with E-state index in [2.05, 4.69) is 10.4 Å². The minimum Gasteiger partial charge on any atom is -0.444 e. The van der Waals surface area contributed by atoms with Crippen LogP contribution in [0.5, 0.6) is 0 Å². The SMILES string of the molecule is CCOCCCNC(=O)c1cnn(-c2ccc(F)cc2)c1C1CCN(C(=O)OC(C)(C)C)CC1. The van der Waals surface area contributed by atoms with E-state index in [9.17, 15) is 14.0 Å². The molecule has 0 aliphatic carbocycles. The summed E-state index contributed by atoms with van der Waals surface area (Å²) < 4.78 is 26.0. The molecule has 186 valence electrons. The van der Waals surface area contributed by atoms with Gasteiger partial charge in [-0.3, -0.25) is 4.79 Å². The van der Waals surface area contributed by atoms with E-state index in [0.29, 0.717) is 56.9 Å². The maximum atomic E-state index is 13.5. The highest BCUT2D eigenvalue weighted by Crippen LogP contribution is 2.32. The van der Waals surface area contributed by atoms with E-state index in [0.717, 1.165) is 12.1 Å². The number of ether oxygens (including phenoxy) is 2. The number of nitrogens with zero attached hydrogens (tertiary/aromatic N) is 3. The van der Waals surface area contributed by atoms with Crippen molar-refractivity contribution in [2.24, 2.45) is 0 Å². The molecule has 0 radical (unpaired) electrons. The van der Waals surface area contributed by atoms with Crippen molar-refractivity contribution in [3.63, 3.8) is 0 Å². The molecule has 8 nitrogen and oxygen atoms in total. The lowest BCUT2D eigenvalue weighted by atomic mass is 9.91. The van der Waals surface area contributed by atoms with Crippen molar-refractivity contribution in [2.75, 3.05) is 32.8 Å². The Morgan fingerprint density at radius 2 is 1.85 bits per heavy atom. The highest BCUT2D eigenvalue weighted by molar-refractivity contribution is 5.95. The Morgan fingerprint density at radius 1 is 1.18 bits per heavy atom. The van der Waals surface area contributed by atoms with Gasteiger partial charge in [-0.25, -0.2) is 13.9 Å². The van der Waals surface area contributed by atoms with Gasteiger partial charge in [-0.05, 0) is 71.2 Å². The number of amides is 2. The van der Waals surface area contributed by atoms with Crippen LogP contribution < -0.4 is 5.32 Å². The monoisotopic (exact) mass is 474 g/mol. The number of carbonyl (C=O) groups is 2. The zero-order chi connectivity index (χ0) is 24.7. The predicted molar refractivity (Wildman–Crippen MR) is 127 cm³/mol. The largest absolute Gasteiger partial charge is 0.444 e. The average Bonchev–Trinajstić information content (AvgIpc) is 3.23. The molecule has 1 aliphatic heterocycles. The van der Waals surface area contributed by atoms with Crippen molar-refractivity contribution in [3.8, 4) is 5.69 Å². The molecule has 2 heterocycles. The molecule has 3 rings (SSSR count). The van der Waals surface area contributed by atoms with Gasteiger partial charge >= 0.3 is 6.09 Å². The summed E-state index contributed by atoms with van der Waals surface area (Å²) in [6.45, 7) is 10.2. The molecular formula is C25H35FN4O4. The molecule has 1 aromatic heterocycles. The molecule has 1 saturated heterocycles. The van der Waals surface area contributed by atoms with Gasteiger partial charge in [-0.1, -0.05) is 0 Å². The molecule has 0 atom stereocenters. The third-order valence-corrected chi connectivity index (χ3v) is 5.61. The first-order valence-electron chi connectivity index (χ1n) is 11.9. The molecule has 34 heavy (non-hydrogen) atoms. The van der Waals surface area contributed by atoms with E-state index in [-0.39, 0.29) is 23.7 Å². The van der Waals surface area contributed by atoms with Crippen molar-refractivity contribution in [3.05, 3.63) is 47.5 Å². The minimum absolute atomic E-state index is 0.00964. The van der Waals surface area contributed by atoms with E-state index in [4.69, 9.17) is 9.47 Å². The fraction of sp³-hybridized carbons (Fsp3) is 0.560. The molecule has 2 aromatic rings. The van der Waals surface area contributed by atoms with Crippen molar-refractivity contribution < 1.29 is 23.5 Å². The fourth-order valence-electron chi connectivity index (χ4n) is 3.99. The first-order valence-corrected chi connectivity index (χ1v) is 11.9. The zero-order valence-corrected chi connectivity index (χ0v) is 20.5. The van der Waals surface area contributed by atoms with Crippen LogP contribution in [0.3, 0.4) is 0 Å². The molecule has 0 saturated carbocycles. The Morgan fingerprint density at radius 3 is 2.47 bits per heavy atom. The van der Waals surface area contributed by atoms with Gasteiger partial charge in [0.25, 0.3) is 5.91 Å². The molecule has 2 amide bonds. The van der Waals surface area contributed by atoms with Gasteiger partial charge in [0, 0.05) is 38.8 Å². The third kappa shape index (κ3) is 6.79. The van der Waals surface area contributed by atoms with Crippen molar-refractivity contribution in [2.45, 2.75) is 58.5 Å². The zero-order valence-electron chi connectivity index (χ0n) is 20.5. The van der Waals surface area contributed by atoms with Crippen LogP contribution in [-0.2, 0) is 9.47 Å². The second-order valence-corrected chi connectivity index (χ2v) is 9.38. The Kier molecular flexibility index (Phi) is 8.66. The maximum Gasteiger partial charge on any atom is 0.410 e. The fourth-order valence-corrected chi connectivity index (χ4v) is 3.99. The van der Waals surface area contributed by atoms with E-state index in [1.807, 2.05) is 27.7 Å². The number of carbonyl (C=O) groups excluding carboxylic acids is 2. The molecule has 1 aromatic carbocycles. The summed E-state index contributed by atoms with van der Waals surface area (Å²) in [6, 6.07) is 6.04. The van der Waals surface area contributed by atoms with E-state index in [1.165, 1.54) is 12.1 Å². The molecule has 0 unspecified atom stereocenters. The molecule has 1 aliphatic rings. The molecule has 0 bridgehead atoms. The summed E-state index contributed by atoms with van der Waals surface area (Å²) >= 11 is 0. The van der Waals surface area contributed by atoms with Crippen LogP contribution in [0.1, 0.15) is 68.9 Å². The number of halogens is 1. The standard InChI is InChI=1S/C25H35FN4O4/c1-5-33-16-6-13-27-23(31)21-17-28-30(20-9-7-19(26)8-10-20)22(21)18-11-14-29(15-12-18)24(32)34-25(2,3)4/h7-10,17-18H,5-6,11-16H2,1-4H3,(H,27,31). The van der Waals surface area contributed by atoms with Crippen LogP contribution in [0, 0.1) is 5.82 Å². The van der Waals surface area contributed by atoms with Gasteiger partial charge in [-0.15, -0.1) is 0 Å². The number of benzene rings is 1. The number of rotatable bonds is 8. The highest BCUT2D eigenvalue weighted by atomic mass is 19.1. The molecule has 1 N–H and O–H groups in total. The summed E-state index contributed by atoms with van der Waals surface area (Å²) in [7, 11) is 0. The quantitative estimate of drug-likeness (QED) is 0.577. The van der Waals surface area contributed by atoms with Crippen molar-refractivity contribution in [1.29, 1.82) is 0 Å². The maximum absolute atomic E-state index is 13.5. The van der Waals surface area contributed by atoms with Crippen molar-refractivity contribution in [1.82, 2.24) is 20.0 Å². The second kappa shape index (κ2) is 11.5. The summed E-state index contributed by atoms with van der Waals surface area (Å²) in [5.74, 6) is -0.528. The minimum atomic E-state index is -0.553. The Hall–Kier alpha value is -2.94. The lowest BCUT2D eigenvalue weighted by Gasteiger charge is -2.34. The summed E-state index contributed by atoms with van der Waals surface area (Å²) in [6.07, 6.45) is 3.28. The number of nitrogens with one attached hydrogen (secondary N) is 1. The molecule has 0 spiro atoms. The van der Waals surface area contributed by atoms with Crippen LogP contribution in [0.25, 0.3) is 5.69 Å². The Balaban J connectivity index is 1.78. The van der Waals surface area contributed by atoms with Gasteiger partial charge in [-0.2, -0.15) is 5.10 Å². The first-order chi connectivity index (χ1) is 16.2. The van der Waals surface area contributed by atoms with Gasteiger partial charge in [0.05, 0.1) is 23.1 Å². The Bertz CT molecular complexity index is 960. The lowest BCUT2D eigenvalue weighted by Crippen LogP contribution is -2.41. The van der Waals surface area contributed by atoms with Gasteiger partial charge in [0.15, 0.2) is 0 Å². The van der Waals surface area contributed by atoms with Crippen LogP contribution in [-0.4, -0.2) is 65.1 Å². The number of piperidine rings is 1. The van der Waals surface area contributed by atoms with Crippen LogP contribution in [0.15, 0.2) is 30.5 Å². The normalized spacial score (nSPS) is 14.8. The predicted octanol–water partition coefficient (Wildman–Crippen LogP) is 4.28. The first kappa shape index (κ1) is 25.7. The lowest BCUT2D eigenvalue weighted by molar-refractivity contribution is 0.0203. The molecule has 9 heteroatoms. The van der Waals surface area contributed by atoms with Gasteiger partial charge < -0.3 is 19.7 Å². The molecular weight excluding hydrogens is 439 g/mol. The topological polar surface area (TPSA) is 85.7 Å². The van der Waals surface area contributed by atoms with Gasteiger partial charge in [0.2, 0.25) is 0 Å². The number of likely N-dealkylation sites (tertiary alicyclic amines) is 1. The molecule has 1 fully saturated rings. The van der Waals surface area contributed by atoms with Crippen LogP contribution in [0.2, 0.25) is 0 Å². The van der Waals surface area contributed by atoms with E-state index < -0.39 is 5.60 Å². The Labute approximate surface area is 200 Å². The number of hydrogen-bond donors (Lipinski definition) is 1. The number of aromatic nitrogens is 2. The summed E-state index contributed by atoms with van der Waals surface area (Å²) in [5, 5.41) is 7.42. The van der Waals surface area contributed by atoms with E-state index >= 15 is 0 Å². The second-order valence-electron chi connectivity index (χ2n) is 9.38. The van der Waals surface area contributed by atoms with Gasteiger partial charge in [0.1, 0.15) is 11.4 Å². The van der Waals surface area contributed by atoms with E-state index in [1.54, 1.807) is 27.9 Å². The number of hydrogen-bond acceptors (Lipinski definition) is 5. The van der Waals surface area contributed by atoms with Crippen molar-refractivity contribution >= 4 is 12.0 Å². The average molecular weight is 475 g/mol. The smallest absolute Gasteiger partial charge is 0.410 e. The third-order valence-electron chi connectivity index (χ3n) is 5.61. The van der Waals surface area contributed by atoms with Crippen LogP contribution in [0.4, 0.5) is 9.18 Å². The van der Waals surface area contributed by atoms with Crippen LogP contribution >= 0.6 is 0 Å². The summed E-state index contributed by atoms with van der Waals surface area (Å²) in [4.78, 5) is 27.2. The highest BCUT2D eigenvalue weighted by Gasteiger charge is 2.32.